The van der Waals surface area contributed by atoms with Crippen molar-refractivity contribution in [1.82, 2.24) is 25.2 Å². The molecule has 1 unspecified atom stereocenters. The minimum Gasteiger partial charge on any atom is -0.374 e. The number of rotatable bonds is 5. The molecule has 19 heavy (non-hydrogen) atoms. The van der Waals surface area contributed by atoms with Gasteiger partial charge in [0.2, 0.25) is 5.91 Å². The van der Waals surface area contributed by atoms with Crippen molar-refractivity contribution in [3.8, 4) is 0 Å². The number of likely N-dealkylation sites (N-methyl/N-ethyl adjacent to an activating group) is 1. The van der Waals surface area contributed by atoms with Gasteiger partial charge < -0.3 is 20.7 Å². The van der Waals surface area contributed by atoms with Crippen LogP contribution < -0.4 is 11.1 Å². The molecule has 2 rings (SSSR count). The summed E-state index contributed by atoms with van der Waals surface area (Å²) in [6, 6.07) is 0. The predicted octanol–water partition coefficient (Wildman–Crippen LogP) is -1.82. The van der Waals surface area contributed by atoms with Crippen molar-refractivity contribution in [2.75, 3.05) is 33.3 Å². The number of aromatic nitrogens is 3. The number of nitrogens with one attached hydrogen (secondary N) is 1. The molecule has 0 bridgehead atoms. The van der Waals surface area contributed by atoms with Gasteiger partial charge in [-0.05, 0) is 7.05 Å². The van der Waals surface area contributed by atoms with E-state index in [1.54, 1.807) is 6.20 Å². The first-order valence-corrected chi connectivity index (χ1v) is 6.33. The highest BCUT2D eigenvalue weighted by Gasteiger charge is 2.18. The molecule has 0 radical (unpaired) electrons. The Morgan fingerprint density at radius 1 is 1.68 bits per heavy atom. The number of ether oxygens (including phenoxy) is 1. The van der Waals surface area contributed by atoms with Crippen LogP contribution in [0.25, 0.3) is 0 Å². The van der Waals surface area contributed by atoms with Crippen molar-refractivity contribution in [3.63, 3.8) is 0 Å². The van der Waals surface area contributed by atoms with E-state index in [1.165, 1.54) is 4.68 Å². The number of amides is 1. The largest absolute Gasteiger partial charge is 0.374 e. The third-order valence-electron chi connectivity index (χ3n) is 2.97. The summed E-state index contributed by atoms with van der Waals surface area (Å²) in [6.07, 6.45) is 1.72. The molecular formula is C11H20N6O2. The number of hydrogen-bond donors (Lipinski definition) is 2. The SMILES string of the molecule is CN1CCOC(CNC(=O)Cn2cc(CN)nn2)C1. The molecule has 1 saturated heterocycles. The molecule has 1 fully saturated rings. The Balaban J connectivity index is 1.72. The van der Waals surface area contributed by atoms with Crippen LogP contribution in [0.3, 0.4) is 0 Å². The topological polar surface area (TPSA) is 98.3 Å². The summed E-state index contributed by atoms with van der Waals surface area (Å²) in [5.41, 5.74) is 6.10. The molecule has 1 aliphatic rings. The standard InChI is InChI=1S/C11H20N6O2/c1-16-2-3-19-10(7-16)5-13-11(18)8-17-6-9(4-12)14-15-17/h6,10H,2-5,7-8,12H2,1H3,(H,13,18). The Bertz CT molecular complexity index is 421. The maximum Gasteiger partial charge on any atom is 0.241 e. The highest BCUT2D eigenvalue weighted by atomic mass is 16.5. The fourth-order valence-electron chi connectivity index (χ4n) is 1.93. The molecule has 106 valence electrons. The second kappa shape index (κ2) is 6.60. The van der Waals surface area contributed by atoms with Crippen LogP contribution in [-0.4, -0.2) is 65.2 Å². The van der Waals surface area contributed by atoms with E-state index in [0.29, 0.717) is 25.4 Å². The van der Waals surface area contributed by atoms with Gasteiger partial charge in [-0.1, -0.05) is 5.21 Å². The number of hydrogen-bond acceptors (Lipinski definition) is 6. The maximum atomic E-state index is 11.7. The van der Waals surface area contributed by atoms with Gasteiger partial charge in [0, 0.05) is 26.2 Å². The monoisotopic (exact) mass is 268 g/mol. The zero-order valence-corrected chi connectivity index (χ0v) is 11.1. The molecule has 1 amide bonds. The van der Waals surface area contributed by atoms with E-state index in [0.717, 1.165) is 13.1 Å². The number of carbonyl (C=O) groups excluding carboxylic acids is 1. The van der Waals surface area contributed by atoms with Crippen LogP contribution in [-0.2, 0) is 22.6 Å². The van der Waals surface area contributed by atoms with Crippen molar-refractivity contribution >= 4 is 5.91 Å². The molecule has 1 aromatic rings. The van der Waals surface area contributed by atoms with E-state index in [1.807, 2.05) is 7.05 Å². The molecule has 8 nitrogen and oxygen atoms in total. The first-order valence-electron chi connectivity index (χ1n) is 6.33. The van der Waals surface area contributed by atoms with E-state index in [2.05, 4.69) is 20.5 Å². The molecule has 0 saturated carbocycles. The quantitative estimate of drug-likeness (QED) is 0.653. The highest BCUT2D eigenvalue weighted by Crippen LogP contribution is 2.01. The summed E-state index contributed by atoms with van der Waals surface area (Å²) < 4.78 is 7.04. The summed E-state index contributed by atoms with van der Waals surface area (Å²) in [4.78, 5) is 13.9. The summed E-state index contributed by atoms with van der Waals surface area (Å²) in [5.74, 6) is -0.106. The van der Waals surface area contributed by atoms with Crippen molar-refractivity contribution < 1.29 is 9.53 Å². The second-order valence-corrected chi connectivity index (χ2v) is 4.67. The van der Waals surface area contributed by atoms with Gasteiger partial charge in [0.1, 0.15) is 6.54 Å². The summed E-state index contributed by atoms with van der Waals surface area (Å²) in [6.45, 7) is 3.47. The van der Waals surface area contributed by atoms with E-state index >= 15 is 0 Å². The minimum absolute atomic E-state index is 0.0537. The van der Waals surface area contributed by atoms with Crippen LogP contribution in [0.4, 0.5) is 0 Å². The van der Waals surface area contributed by atoms with Gasteiger partial charge in [-0.25, -0.2) is 4.68 Å². The van der Waals surface area contributed by atoms with E-state index in [9.17, 15) is 4.79 Å². The molecule has 1 aromatic heterocycles. The smallest absolute Gasteiger partial charge is 0.241 e. The number of nitrogens with zero attached hydrogens (tertiary/aromatic N) is 4. The van der Waals surface area contributed by atoms with Crippen LogP contribution in [0.1, 0.15) is 5.69 Å². The molecule has 0 aromatic carbocycles. The fourth-order valence-corrected chi connectivity index (χ4v) is 1.93. The lowest BCUT2D eigenvalue weighted by Crippen LogP contribution is -2.46. The van der Waals surface area contributed by atoms with Gasteiger partial charge in [0.05, 0.1) is 24.6 Å². The van der Waals surface area contributed by atoms with Gasteiger partial charge in [0.25, 0.3) is 0 Å². The Hall–Kier alpha value is -1.51. The van der Waals surface area contributed by atoms with Crippen molar-refractivity contribution in [3.05, 3.63) is 11.9 Å². The summed E-state index contributed by atoms with van der Waals surface area (Å²) >= 11 is 0. The molecular weight excluding hydrogens is 248 g/mol. The van der Waals surface area contributed by atoms with Gasteiger partial charge in [0.15, 0.2) is 0 Å². The zero-order chi connectivity index (χ0) is 13.7. The zero-order valence-electron chi connectivity index (χ0n) is 11.1. The second-order valence-electron chi connectivity index (χ2n) is 4.67. The average Bonchev–Trinajstić information content (AvgIpc) is 2.84. The van der Waals surface area contributed by atoms with E-state index in [-0.39, 0.29) is 18.6 Å². The number of nitrogens with two attached hydrogens (primary N) is 1. The molecule has 2 heterocycles. The third-order valence-corrected chi connectivity index (χ3v) is 2.97. The fraction of sp³-hybridized carbons (Fsp3) is 0.727. The number of morpholine rings is 1. The number of carbonyl (C=O) groups is 1. The molecule has 1 aliphatic heterocycles. The van der Waals surface area contributed by atoms with Gasteiger partial charge in [-0.3, -0.25) is 4.79 Å². The lowest BCUT2D eigenvalue weighted by Gasteiger charge is -2.30. The lowest BCUT2D eigenvalue weighted by molar-refractivity contribution is -0.123. The molecule has 0 spiro atoms. The average molecular weight is 268 g/mol. The Kier molecular flexibility index (Phi) is 4.83. The Labute approximate surface area is 111 Å². The van der Waals surface area contributed by atoms with Crippen LogP contribution in [0.15, 0.2) is 6.20 Å². The normalized spacial score (nSPS) is 20.4. The van der Waals surface area contributed by atoms with Gasteiger partial charge in [-0.2, -0.15) is 0 Å². The van der Waals surface area contributed by atoms with Gasteiger partial charge >= 0.3 is 0 Å². The van der Waals surface area contributed by atoms with Crippen LogP contribution in [0.5, 0.6) is 0 Å². The predicted molar refractivity (Wildman–Crippen MR) is 68.2 cm³/mol. The third kappa shape index (κ3) is 4.27. The molecule has 0 aliphatic carbocycles. The molecule has 8 heteroatoms. The van der Waals surface area contributed by atoms with Crippen LogP contribution in [0, 0.1) is 0 Å². The van der Waals surface area contributed by atoms with Crippen LogP contribution in [0.2, 0.25) is 0 Å². The minimum atomic E-state index is -0.106. The van der Waals surface area contributed by atoms with E-state index < -0.39 is 0 Å². The first kappa shape index (κ1) is 13.9. The van der Waals surface area contributed by atoms with Crippen LogP contribution >= 0.6 is 0 Å². The van der Waals surface area contributed by atoms with Crippen molar-refractivity contribution in [2.45, 2.75) is 19.2 Å². The Morgan fingerprint density at radius 2 is 2.53 bits per heavy atom. The maximum absolute atomic E-state index is 11.7. The Morgan fingerprint density at radius 3 is 3.21 bits per heavy atom. The van der Waals surface area contributed by atoms with Gasteiger partial charge in [-0.15, -0.1) is 5.10 Å². The van der Waals surface area contributed by atoms with Crippen molar-refractivity contribution in [2.24, 2.45) is 5.73 Å². The lowest BCUT2D eigenvalue weighted by atomic mass is 10.3. The summed E-state index contributed by atoms with van der Waals surface area (Å²) in [7, 11) is 2.04. The highest BCUT2D eigenvalue weighted by molar-refractivity contribution is 5.75. The van der Waals surface area contributed by atoms with Crippen molar-refractivity contribution in [1.29, 1.82) is 0 Å². The summed E-state index contributed by atoms with van der Waals surface area (Å²) in [5, 5.41) is 10.5. The van der Waals surface area contributed by atoms with E-state index in [4.69, 9.17) is 10.5 Å². The molecule has 1 atom stereocenters. The first-order chi connectivity index (χ1) is 9.17. The molecule has 3 N–H and O–H groups in total.